The molecule has 0 aromatic heterocycles. The van der Waals surface area contributed by atoms with Gasteiger partial charge in [-0.15, -0.1) is 11.5 Å². The van der Waals surface area contributed by atoms with E-state index in [4.69, 9.17) is 0 Å². The minimum absolute atomic E-state index is 0. The van der Waals surface area contributed by atoms with Crippen molar-refractivity contribution in [2.75, 3.05) is 0 Å². The molecule has 0 spiro atoms. The monoisotopic (exact) mass is 406 g/mol. The van der Waals surface area contributed by atoms with Gasteiger partial charge in [-0.1, -0.05) is 88.8 Å². The second kappa shape index (κ2) is 14.3. The molecule has 0 aliphatic rings. The van der Waals surface area contributed by atoms with E-state index >= 15 is 0 Å². The van der Waals surface area contributed by atoms with E-state index < -0.39 is 0 Å². The molecular weight excluding hydrogens is 372 g/mol. The molecule has 0 aliphatic carbocycles. The van der Waals surface area contributed by atoms with E-state index in [9.17, 15) is 10.2 Å². The van der Waals surface area contributed by atoms with E-state index in [0.717, 1.165) is 47.9 Å². The quantitative estimate of drug-likeness (QED) is 0.355. The molecule has 2 rings (SSSR count). The average molecular weight is 407 g/mol. The fourth-order valence-corrected chi connectivity index (χ4v) is 3.75. The van der Waals surface area contributed by atoms with Crippen LogP contribution in [0, 0.1) is 0 Å². The Labute approximate surface area is 201 Å². The Morgan fingerprint density at radius 2 is 1.04 bits per heavy atom. The predicted molar refractivity (Wildman–Crippen MR) is 116 cm³/mol. The van der Waals surface area contributed by atoms with Gasteiger partial charge in [0.1, 0.15) is 0 Å². The summed E-state index contributed by atoms with van der Waals surface area (Å²) in [6.07, 6.45) is 11.8. The summed E-state index contributed by atoms with van der Waals surface area (Å²) >= 11 is 0. The van der Waals surface area contributed by atoms with Crippen molar-refractivity contribution in [2.45, 2.75) is 84.5 Å². The maximum atomic E-state index is 12.6. The van der Waals surface area contributed by atoms with E-state index in [1.54, 1.807) is 12.1 Å². The molecular formula is C25H34CaO2. The van der Waals surface area contributed by atoms with Gasteiger partial charge in [0, 0.05) is 0 Å². The zero-order chi connectivity index (χ0) is 19.5. The van der Waals surface area contributed by atoms with Gasteiger partial charge in [0.15, 0.2) is 0 Å². The molecule has 0 heterocycles. The molecule has 28 heavy (non-hydrogen) atoms. The molecule has 0 saturated heterocycles. The summed E-state index contributed by atoms with van der Waals surface area (Å²) in [6.45, 7) is 4.41. The van der Waals surface area contributed by atoms with Crippen LogP contribution in [0.2, 0.25) is 0 Å². The van der Waals surface area contributed by atoms with Crippen molar-refractivity contribution in [2.24, 2.45) is 0 Å². The number of rotatable bonds is 12. The fourth-order valence-electron chi connectivity index (χ4n) is 3.75. The first-order valence-electron chi connectivity index (χ1n) is 10.7. The average Bonchev–Trinajstić information content (AvgIpc) is 2.66. The summed E-state index contributed by atoms with van der Waals surface area (Å²) in [5.74, 6) is 0.145. The Kier molecular flexibility index (Phi) is 12.9. The summed E-state index contributed by atoms with van der Waals surface area (Å²) in [5, 5.41) is 25.1. The Balaban J connectivity index is 0.00000392. The van der Waals surface area contributed by atoms with Crippen molar-refractivity contribution < 1.29 is 10.2 Å². The van der Waals surface area contributed by atoms with Crippen LogP contribution in [0.4, 0.5) is 0 Å². The van der Waals surface area contributed by atoms with Crippen LogP contribution in [0.15, 0.2) is 36.4 Å². The van der Waals surface area contributed by atoms with Crippen molar-refractivity contribution in [3.8, 4) is 11.5 Å². The van der Waals surface area contributed by atoms with Gasteiger partial charge in [0.2, 0.25) is 0 Å². The number of hydrogen-bond donors (Lipinski definition) is 0. The SMILES string of the molecule is CCCCCCc1cccc([O-])c1Cc1c([O-])cccc1CCCCCC.[Ca+2]. The van der Waals surface area contributed by atoms with Crippen molar-refractivity contribution in [3.63, 3.8) is 0 Å². The Hall–Kier alpha value is -0.700. The van der Waals surface area contributed by atoms with Gasteiger partial charge < -0.3 is 10.2 Å². The molecule has 0 saturated carbocycles. The van der Waals surface area contributed by atoms with Crippen LogP contribution in [0.1, 0.15) is 87.5 Å². The van der Waals surface area contributed by atoms with Crippen LogP contribution < -0.4 is 10.2 Å². The Morgan fingerprint density at radius 1 is 0.607 bits per heavy atom. The number of benzene rings is 2. The molecule has 0 N–H and O–H groups in total. The number of aryl methyl sites for hydroxylation is 2. The van der Waals surface area contributed by atoms with Crippen molar-refractivity contribution in [1.29, 1.82) is 0 Å². The normalized spacial score (nSPS) is 10.6. The van der Waals surface area contributed by atoms with Gasteiger partial charge in [0.05, 0.1) is 0 Å². The van der Waals surface area contributed by atoms with Crippen LogP contribution in [-0.4, -0.2) is 37.7 Å². The van der Waals surface area contributed by atoms with Crippen LogP contribution >= 0.6 is 0 Å². The molecule has 0 amide bonds. The molecule has 2 aromatic rings. The summed E-state index contributed by atoms with van der Waals surface area (Å²) in [4.78, 5) is 0. The second-order valence-corrected chi connectivity index (χ2v) is 7.59. The molecule has 0 unspecified atom stereocenters. The van der Waals surface area contributed by atoms with Crippen LogP contribution in [0.5, 0.6) is 11.5 Å². The smallest absolute Gasteiger partial charge is 0.872 e. The number of unbranched alkanes of at least 4 members (excludes halogenated alkanes) is 6. The van der Waals surface area contributed by atoms with E-state index in [-0.39, 0.29) is 49.2 Å². The maximum Gasteiger partial charge on any atom is 2.00 e. The standard InChI is InChI=1S/C25H36O2.Ca/c1-3-5-7-9-13-20-15-11-17-24(26)22(20)19-23-21(14-10-8-6-4-2)16-12-18-25(23)27;/h11-12,15-18,26-27H,3-10,13-14,19H2,1-2H3;/q;+2/p-2. The van der Waals surface area contributed by atoms with Crippen molar-refractivity contribution >= 4 is 37.7 Å². The minimum Gasteiger partial charge on any atom is -0.872 e. The van der Waals surface area contributed by atoms with E-state index in [1.807, 2.05) is 12.1 Å². The minimum atomic E-state index is 0. The molecule has 0 radical (unpaired) electrons. The summed E-state index contributed by atoms with van der Waals surface area (Å²) in [5.41, 5.74) is 3.90. The predicted octanol–water partition coefficient (Wildman–Crippen LogP) is 5.29. The van der Waals surface area contributed by atoms with E-state index in [2.05, 4.69) is 26.0 Å². The van der Waals surface area contributed by atoms with Crippen LogP contribution in [-0.2, 0) is 19.3 Å². The van der Waals surface area contributed by atoms with E-state index in [0.29, 0.717) is 6.42 Å². The van der Waals surface area contributed by atoms with Crippen LogP contribution in [0.25, 0.3) is 0 Å². The second-order valence-electron chi connectivity index (χ2n) is 7.59. The molecule has 3 heteroatoms. The third-order valence-electron chi connectivity index (χ3n) is 5.41. The third kappa shape index (κ3) is 7.97. The maximum absolute atomic E-state index is 12.6. The molecule has 2 nitrogen and oxygen atoms in total. The van der Waals surface area contributed by atoms with Gasteiger partial charge in [-0.3, -0.25) is 0 Å². The Morgan fingerprint density at radius 3 is 1.43 bits per heavy atom. The summed E-state index contributed by atoms with van der Waals surface area (Å²) in [7, 11) is 0. The molecule has 0 aliphatic heterocycles. The topological polar surface area (TPSA) is 46.1 Å². The van der Waals surface area contributed by atoms with Gasteiger partial charge in [-0.25, -0.2) is 0 Å². The first-order chi connectivity index (χ1) is 13.2. The molecule has 0 bridgehead atoms. The zero-order valence-electron chi connectivity index (χ0n) is 17.8. The first kappa shape index (κ1) is 25.3. The molecule has 0 fully saturated rings. The molecule has 0 atom stereocenters. The Bertz CT molecular complexity index is 637. The fraction of sp³-hybridized carbons (Fsp3) is 0.520. The van der Waals surface area contributed by atoms with Gasteiger partial charge in [-0.05, 0) is 54.4 Å². The van der Waals surface area contributed by atoms with Gasteiger partial charge in [0.25, 0.3) is 0 Å². The van der Waals surface area contributed by atoms with Crippen LogP contribution in [0.3, 0.4) is 0 Å². The summed E-state index contributed by atoms with van der Waals surface area (Å²) < 4.78 is 0. The molecule has 2 aromatic carbocycles. The molecule has 148 valence electrons. The van der Waals surface area contributed by atoms with Gasteiger partial charge in [-0.2, -0.15) is 0 Å². The number of hydrogen-bond acceptors (Lipinski definition) is 2. The largest absolute Gasteiger partial charge is 2.00 e. The van der Waals surface area contributed by atoms with Crippen molar-refractivity contribution in [1.82, 2.24) is 0 Å². The summed E-state index contributed by atoms with van der Waals surface area (Å²) in [6, 6.07) is 11.1. The van der Waals surface area contributed by atoms with Gasteiger partial charge >= 0.3 is 37.7 Å². The van der Waals surface area contributed by atoms with E-state index in [1.165, 1.54) is 38.5 Å². The first-order valence-corrected chi connectivity index (χ1v) is 10.7. The zero-order valence-corrected chi connectivity index (χ0v) is 20.0. The van der Waals surface area contributed by atoms with Crippen molar-refractivity contribution in [3.05, 3.63) is 58.7 Å². The third-order valence-corrected chi connectivity index (χ3v) is 5.41.